The van der Waals surface area contributed by atoms with E-state index in [1.807, 2.05) is 0 Å². The lowest BCUT2D eigenvalue weighted by molar-refractivity contribution is -0.183. The Labute approximate surface area is 190 Å². The smallest absolute Gasteiger partial charge is 0.416 e. The number of nitrogens with one attached hydrogen (secondary N) is 1. The second kappa shape index (κ2) is 10.7. The van der Waals surface area contributed by atoms with E-state index in [-0.39, 0.29) is 49.2 Å². The Balaban J connectivity index is 1.71. The summed E-state index contributed by atoms with van der Waals surface area (Å²) in [4.78, 5) is 12.0. The van der Waals surface area contributed by atoms with Crippen molar-refractivity contribution in [2.75, 3.05) is 6.61 Å². The van der Waals surface area contributed by atoms with Crippen LogP contribution in [0.15, 0.2) is 24.3 Å². The molecule has 1 N–H and O–H groups in total. The predicted octanol–water partition coefficient (Wildman–Crippen LogP) is 6.62. The van der Waals surface area contributed by atoms with Crippen molar-refractivity contribution >= 4 is 5.97 Å². The van der Waals surface area contributed by atoms with Crippen LogP contribution in [0.25, 0.3) is 0 Å². The number of alkyl halides is 6. The topological polar surface area (TPSA) is 38.3 Å². The van der Waals surface area contributed by atoms with E-state index in [9.17, 15) is 31.1 Å². The van der Waals surface area contributed by atoms with Gasteiger partial charge in [-0.1, -0.05) is 12.1 Å². The summed E-state index contributed by atoms with van der Waals surface area (Å²) in [6.07, 6.45) is -5.24. The maximum Gasteiger partial charge on any atom is 0.416 e. The number of halogens is 6. The fourth-order valence-corrected chi connectivity index (χ4v) is 5.28. The monoisotopic (exact) mass is 479 g/mol. The first-order chi connectivity index (χ1) is 15.5. The first kappa shape index (κ1) is 25.8. The second-order valence-electron chi connectivity index (χ2n) is 9.28. The molecule has 0 radical (unpaired) electrons. The summed E-state index contributed by atoms with van der Waals surface area (Å²) < 4.78 is 83.0. The minimum absolute atomic E-state index is 0.0489. The molecule has 2 saturated carbocycles. The van der Waals surface area contributed by atoms with Crippen LogP contribution in [0, 0.1) is 11.8 Å². The van der Waals surface area contributed by atoms with Crippen molar-refractivity contribution in [2.45, 2.75) is 88.6 Å². The molecular weight excluding hydrogens is 448 g/mol. The minimum Gasteiger partial charge on any atom is -0.466 e. The third kappa shape index (κ3) is 7.11. The van der Waals surface area contributed by atoms with E-state index in [0.29, 0.717) is 32.3 Å². The van der Waals surface area contributed by atoms with Crippen LogP contribution in [0.1, 0.15) is 75.3 Å². The highest BCUT2D eigenvalue weighted by atomic mass is 19.4. The normalized spacial score (nSPS) is 29.0. The molecule has 0 amide bonds. The van der Waals surface area contributed by atoms with Gasteiger partial charge in [-0.05, 0) is 81.4 Å². The van der Waals surface area contributed by atoms with E-state index in [1.54, 1.807) is 6.92 Å². The van der Waals surface area contributed by atoms with Gasteiger partial charge in [0.1, 0.15) is 0 Å². The number of esters is 1. The van der Waals surface area contributed by atoms with E-state index >= 15 is 0 Å². The number of benzene rings is 1. The van der Waals surface area contributed by atoms with Crippen molar-refractivity contribution in [3.05, 3.63) is 35.4 Å². The highest BCUT2D eigenvalue weighted by Gasteiger charge is 2.42. The largest absolute Gasteiger partial charge is 0.466 e. The summed E-state index contributed by atoms with van der Waals surface area (Å²) in [7, 11) is 0. The lowest BCUT2D eigenvalue weighted by Gasteiger charge is -2.40. The molecule has 0 bridgehead atoms. The molecule has 0 aromatic heterocycles. The summed E-state index contributed by atoms with van der Waals surface area (Å²) in [5, 5.41) is 3.52. The van der Waals surface area contributed by atoms with Crippen LogP contribution < -0.4 is 5.32 Å². The summed E-state index contributed by atoms with van der Waals surface area (Å²) >= 11 is 0. The van der Waals surface area contributed by atoms with Gasteiger partial charge in [0, 0.05) is 18.5 Å². The molecule has 1 aromatic carbocycles. The number of ether oxygens (including phenoxy) is 1. The molecule has 0 unspecified atom stereocenters. The van der Waals surface area contributed by atoms with Gasteiger partial charge in [-0.15, -0.1) is 0 Å². The summed E-state index contributed by atoms with van der Waals surface area (Å²) in [6, 6.07) is 4.98. The van der Waals surface area contributed by atoms with Crippen LogP contribution in [-0.2, 0) is 15.7 Å². The Hall–Kier alpha value is -1.77. The van der Waals surface area contributed by atoms with Crippen molar-refractivity contribution in [3.63, 3.8) is 0 Å². The predicted molar refractivity (Wildman–Crippen MR) is 112 cm³/mol. The second-order valence-corrected chi connectivity index (χ2v) is 9.28. The maximum atomic E-state index is 13.0. The van der Waals surface area contributed by atoms with Gasteiger partial charge in [-0.3, -0.25) is 4.79 Å². The molecule has 2 aliphatic rings. The Morgan fingerprint density at radius 1 is 0.970 bits per heavy atom. The van der Waals surface area contributed by atoms with E-state index in [0.717, 1.165) is 24.1 Å². The first-order valence-electron chi connectivity index (χ1n) is 11.6. The summed E-state index contributed by atoms with van der Waals surface area (Å²) in [5.74, 6) is -1.62. The van der Waals surface area contributed by atoms with Crippen LogP contribution in [0.4, 0.5) is 26.3 Å². The molecule has 1 aromatic rings. The van der Waals surface area contributed by atoms with Gasteiger partial charge in [-0.25, -0.2) is 0 Å². The zero-order valence-electron chi connectivity index (χ0n) is 18.6. The third-order valence-electron chi connectivity index (χ3n) is 7.03. The minimum atomic E-state index is -4.42. The lowest BCUT2D eigenvalue weighted by Crippen LogP contribution is -2.47. The average molecular weight is 480 g/mol. The molecular formula is C24H31F6NO2. The Morgan fingerprint density at radius 3 is 2.15 bits per heavy atom. The molecule has 9 heteroatoms. The van der Waals surface area contributed by atoms with E-state index < -0.39 is 23.8 Å². The molecule has 0 aliphatic heterocycles. The Bertz CT molecular complexity index is 769. The van der Waals surface area contributed by atoms with E-state index in [4.69, 9.17) is 4.74 Å². The molecule has 2 aliphatic carbocycles. The van der Waals surface area contributed by atoms with Crippen LogP contribution in [0.5, 0.6) is 0 Å². The summed E-state index contributed by atoms with van der Waals surface area (Å²) in [6.45, 7) is 2.02. The highest BCUT2D eigenvalue weighted by Crippen LogP contribution is 2.41. The van der Waals surface area contributed by atoms with Gasteiger partial charge >= 0.3 is 18.3 Å². The van der Waals surface area contributed by atoms with Gasteiger partial charge in [-0.2, -0.15) is 26.3 Å². The lowest BCUT2D eigenvalue weighted by atomic mass is 9.73. The molecule has 3 nitrogen and oxygen atoms in total. The third-order valence-corrected chi connectivity index (χ3v) is 7.03. The van der Waals surface area contributed by atoms with Gasteiger partial charge in [0.2, 0.25) is 0 Å². The number of hydrogen-bond donors (Lipinski definition) is 1. The molecule has 0 saturated heterocycles. The van der Waals surface area contributed by atoms with Crippen LogP contribution in [0.3, 0.4) is 0 Å². The Morgan fingerprint density at radius 2 is 1.61 bits per heavy atom. The standard InChI is InChI=1S/C24H31F6NO2/c1-2-33-22(32)14-15-3-12-21(31-19-10-8-18(9-11-19)24(28,29)30)20(13-15)16-4-6-17(7-5-16)23(25,26)27/h4-7,15,18-21,31H,2-3,8-14H2,1H3/t15-,18?,19?,20+,21-/m1/s1. The SMILES string of the molecule is CCOC(=O)C[C@@H]1CC[C@@H](NC2CCC(C(F)(F)F)CC2)[C@H](c2ccc(C(F)(F)F)cc2)C1. The van der Waals surface area contributed by atoms with Crippen molar-refractivity contribution in [3.8, 4) is 0 Å². The number of rotatable bonds is 6. The average Bonchev–Trinajstić information content (AvgIpc) is 2.74. The van der Waals surface area contributed by atoms with Gasteiger partial charge in [0.05, 0.1) is 18.1 Å². The molecule has 0 heterocycles. The van der Waals surface area contributed by atoms with Crippen LogP contribution >= 0.6 is 0 Å². The molecule has 3 atom stereocenters. The van der Waals surface area contributed by atoms with Gasteiger partial charge < -0.3 is 10.1 Å². The number of carbonyl (C=O) groups is 1. The van der Waals surface area contributed by atoms with Gasteiger partial charge in [0.25, 0.3) is 0 Å². The Kier molecular flexibility index (Phi) is 8.35. The number of hydrogen-bond acceptors (Lipinski definition) is 3. The van der Waals surface area contributed by atoms with E-state index in [2.05, 4.69) is 5.32 Å². The molecule has 3 rings (SSSR count). The molecule has 2 fully saturated rings. The first-order valence-corrected chi connectivity index (χ1v) is 11.6. The highest BCUT2D eigenvalue weighted by molar-refractivity contribution is 5.69. The van der Waals surface area contributed by atoms with Crippen molar-refractivity contribution < 1.29 is 35.9 Å². The van der Waals surface area contributed by atoms with Crippen molar-refractivity contribution in [1.29, 1.82) is 0 Å². The van der Waals surface area contributed by atoms with Crippen molar-refractivity contribution in [2.24, 2.45) is 11.8 Å². The molecule has 186 valence electrons. The molecule has 33 heavy (non-hydrogen) atoms. The fourth-order valence-electron chi connectivity index (χ4n) is 5.28. The quantitative estimate of drug-likeness (QED) is 0.368. The zero-order chi connectivity index (χ0) is 24.2. The fraction of sp³-hybridized carbons (Fsp3) is 0.708. The zero-order valence-corrected chi connectivity index (χ0v) is 18.6. The molecule has 0 spiro atoms. The maximum absolute atomic E-state index is 13.0. The van der Waals surface area contributed by atoms with Gasteiger partial charge in [0.15, 0.2) is 0 Å². The van der Waals surface area contributed by atoms with Crippen LogP contribution in [0.2, 0.25) is 0 Å². The van der Waals surface area contributed by atoms with Crippen LogP contribution in [-0.4, -0.2) is 30.8 Å². The number of carbonyl (C=O) groups excluding carboxylic acids is 1. The van der Waals surface area contributed by atoms with E-state index in [1.165, 1.54) is 12.1 Å². The van der Waals surface area contributed by atoms with Crippen molar-refractivity contribution in [1.82, 2.24) is 5.32 Å². The summed E-state index contributed by atoms with van der Waals surface area (Å²) in [5.41, 5.74) is 0.0261.